The Bertz CT molecular complexity index is 415. The number of hydrogen-bond donors (Lipinski definition) is 2. The number of anilines is 2. The molecule has 1 fully saturated rings. The average Bonchev–Trinajstić information content (AvgIpc) is 2.59. The van der Waals surface area contributed by atoms with Crippen LogP contribution in [0.25, 0.3) is 0 Å². The number of rotatable bonds is 3. The lowest BCUT2D eigenvalue weighted by Crippen LogP contribution is -2.43. The van der Waals surface area contributed by atoms with Crippen molar-refractivity contribution in [2.24, 2.45) is 13.0 Å². The van der Waals surface area contributed by atoms with Gasteiger partial charge in [-0.3, -0.25) is 4.68 Å². The molecule has 1 saturated heterocycles. The number of nitrogens with two attached hydrogens (primary N) is 1. The van der Waals surface area contributed by atoms with Crippen LogP contribution in [0.2, 0.25) is 0 Å². The number of aromatic nitrogens is 2. The summed E-state index contributed by atoms with van der Waals surface area (Å²) in [6.45, 7) is 5.90. The highest BCUT2D eigenvalue weighted by Gasteiger charge is 2.28. The van der Waals surface area contributed by atoms with Crippen molar-refractivity contribution in [3.05, 3.63) is 5.69 Å². The van der Waals surface area contributed by atoms with Gasteiger partial charge in [-0.05, 0) is 18.8 Å². The Morgan fingerprint density at radius 1 is 1.50 bits per heavy atom. The third-order valence-electron chi connectivity index (χ3n) is 3.78. The Morgan fingerprint density at radius 2 is 2.22 bits per heavy atom. The number of nitrogens with zero attached hydrogens (tertiary/aromatic N) is 3. The van der Waals surface area contributed by atoms with Gasteiger partial charge >= 0.3 is 0 Å². The Hall–Kier alpha value is -1.23. The largest absolute Gasteiger partial charge is 0.394 e. The van der Waals surface area contributed by atoms with Crippen LogP contribution in [0, 0.1) is 5.92 Å². The van der Waals surface area contributed by atoms with Crippen LogP contribution in [0.1, 0.15) is 32.4 Å². The van der Waals surface area contributed by atoms with Gasteiger partial charge in [0, 0.05) is 20.1 Å². The third kappa shape index (κ3) is 2.32. The van der Waals surface area contributed by atoms with Gasteiger partial charge in [0.05, 0.1) is 17.5 Å². The molecule has 0 saturated carbocycles. The fraction of sp³-hybridized carbons (Fsp3) is 0.769. The summed E-state index contributed by atoms with van der Waals surface area (Å²) in [5, 5.41) is 14.3. The summed E-state index contributed by atoms with van der Waals surface area (Å²) < 4.78 is 1.88. The molecule has 0 spiro atoms. The molecule has 2 atom stereocenters. The van der Waals surface area contributed by atoms with E-state index in [1.165, 1.54) is 0 Å². The summed E-state index contributed by atoms with van der Waals surface area (Å²) in [4.78, 5) is 2.25. The molecule has 2 unspecified atom stereocenters. The van der Waals surface area contributed by atoms with E-state index in [1.54, 1.807) is 0 Å². The molecule has 2 heterocycles. The van der Waals surface area contributed by atoms with E-state index in [0.717, 1.165) is 49.6 Å². The van der Waals surface area contributed by atoms with E-state index in [2.05, 4.69) is 23.8 Å². The first kappa shape index (κ1) is 13.2. The van der Waals surface area contributed by atoms with Crippen LogP contribution < -0.4 is 10.6 Å². The minimum atomic E-state index is -0.189. The summed E-state index contributed by atoms with van der Waals surface area (Å²) in [6, 6.07) is 0. The first-order valence-electron chi connectivity index (χ1n) is 6.79. The molecule has 0 amide bonds. The van der Waals surface area contributed by atoms with Crippen molar-refractivity contribution in [1.82, 2.24) is 9.78 Å². The Labute approximate surface area is 109 Å². The quantitative estimate of drug-likeness (QED) is 0.847. The number of piperidine rings is 1. The lowest BCUT2D eigenvalue weighted by atomic mass is 9.97. The molecule has 18 heavy (non-hydrogen) atoms. The van der Waals surface area contributed by atoms with E-state index in [-0.39, 0.29) is 12.0 Å². The number of hydrogen-bond acceptors (Lipinski definition) is 4. The lowest BCUT2D eigenvalue weighted by molar-refractivity contribution is 0.0967. The summed E-state index contributed by atoms with van der Waals surface area (Å²) in [6.07, 6.45) is 2.59. The van der Waals surface area contributed by atoms with Gasteiger partial charge in [-0.2, -0.15) is 5.10 Å². The van der Waals surface area contributed by atoms with E-state index >= 15 is 0 Å². The molecule has 0 aromatic carbocycles. The van der Waals surface area contributed by atoms with Gasteiger partial charge in [0.1, 0.15) is 5.82 Å². The molecule has 1 aliphatic rings. The standard InChI is InChI=1S/C13H24N4O/c1-4-5-10-12(14)13(16(3)15-10)17-7-6-11(18)9(2)8-17/h9,11,18H,4-8,14H2,1-3H3. The molecular weight excluding hydrogens is 228 g/mol. The molecule has 0 bridgehead atoms. The SMILES string of the molecule is CCCc1nn(C)c(N2CCC(O)C(C)C2)c1N. The van der Waals surface area contributed by atoms with Crippen molar-refractivity contribution in [1.29, 1.82) is 0 Å². The molecule has 2 rings (SSSR count). The molecule has 1 aliphatic heterocycles. The van der Waals surface area contributed by atoms with Crippen molar-refractivity contribution in [2.75, 3.05) is 23.7 Å². The zero-order valence-electron chi connectivity index (χ0n) is 11.6. The second-order valence-corrected chi connectivity index (χ2v) is 5.34. The van der Waals surface area contributed by atoms with Gasteiger partial charge in [-0.15, -0.1) is 0 Å². The van der Waals surface area contributed by atoms with E-state index in [0.29, 0.717) is 0 Å². The predicted molar refractivity (Wildman–Crippen MR) is 73.6 cm³/mol. The van der Waals surface area contributed by atoms with Gasteiger partial charge in [0.15, 0.2) is 0 Å². The summed E-state index contributed by atoms with van der Waals surface area (Å²) in [7, 11) is 1.94. The van der Waals surface area contributed by atoms with Crippen LogP contribution in [0.3, 0.4) is 0 Å². The van der Waals surface area contributed by atoms with Gasteiger partial charge in [-0.25, -0.2) is 0 Å². The smallest absolute Gasteiger partial charge is 0.150 e. The summed E-state index contributed by atoms with van der Waals surface area (Å²) in [5.41, 5.74) is 8.02. The highest BCUT2D eigenvalue weighted by atomic mass is 16.3. The second-order valence-electron chi connectivity index (χ2n) is 5.34. The van der Waals surface area contributed by atoms with Gasteiger partial charge in [0.2, 0.25) is 0 Å². The zero-order chi connectivity index (χ0) is 13.3. The van der Waals surface area contributed by atoms with Crippen molar-refractivity contribution in [2.45, 2.75) is 39.2 Å². The Balaban J connectivity index is 2.23. The number of aliphatic hydroxyl groups excluding tert-OH is 1. The molecule has 3 N–H and O–H groups in total. The molecular formula is C13H24N4O. The first-order chi connectivity index (χ1) is 8.54. The molecule has 5 nitrogen and oxygen atoms in total. The second kappa shape index (κ2) is 5.18. The molecule has 1 aromatic heterocycles. The van der Waals surface area contributed by atoms with Crippen LogP contribution in [0.4, 0.5) is 11.5 Å². The normalized spacial score (nSPS) is 24.6. The fourth-order valence-corrected chi connectivity index (χ4v) is 2.71. The van der Waals surface area contributed by atoms with E-state index < -0.39 is 0 Å². The van der Waals surface area contributed by atoms with Crippen LogP contribution in [-0.2, 0) is 13.5 Å². The lowest BCUT2D eigenvalue weighted by Gasteiger charge is -2.35. The average molecular weight is 252 g/mol. The zero-order valence-corrected chi connectivity index (χ0v) is 11.6. The van der Waals surface area contributed by atoms with E-state index in [9.17, 15) is 5.11 Å². The van der Waals surface area contributed by atoms with Crippen molar-refractivity contribution in [3.63, 3.8) is 0 Å². The predicted octanol–water partition coefficient (Wildman–Crippen LogP) is 1.16. The molecule has 0 radical (unpaired) electrons. The maximum absolute atomic E-state index is 9.79. The third-order valence-corrected chi connectivity index (χ3v) is 3.78. The van der Waals surface area contributed by atoms with Crippen molar-refractivity contribution < 1.29 is 5.11 Å². The summed E-state index contributed by atoms with van der Waals surface area (Å²) >= 11 is 0. The van der Waals surface area contributed by atoms with Gasteiger partial charge < -0.3 is 15.7 Å². The first-order valence-corrected chi connectivity index (χ1v) is 6.79. The van der Waals surface area contributed by atoms with E-state index in [4.69, 9.17) is 5.73 Å². The molecule has 5 heteroatoms. The molecule has 102 valence electrons. The van der Waals surface area contributed by atoms with Crippen LogP contribution >= 0.6 is 0 Å². The van der Waals surface area contributed by atoms with Crippen molar-refractivity contribution >= 4 is 11.5 Å². The topological polar surface area (TPSA) is 67.3 Å². The van der Waals surface area contributed by atoms with Gasteiger partial charge in [-0.1, -0.05) is 20.3 Å². The minimum Gasteiger partial charge on any atom is -0.394 e. The maximum Gasteiger partial charge on any atom is 0.150 e. The van der Waals surface area contributed by atoms with Crippen LogP contribution in [-0.4, -0.2) is 34.1 Å². The number of aryl methyl sites for hydroxylation is 2. The Morgan fingerprint density at radius 3 is 2.83 bits per heavy atom. The fourth-order valence-electron chi connectivity index (χ4n) is 2.71. The van der Waals surface area contributed by atoms with E-state index in [1.807, 2.05) is 11.7 Å². The summed E-state index contributed by atoms with van der Waals surface area (Å²) in [5.74, 6) is 1.29. The maximum atomic E-state index is 9.79. The van der Waals surface area contributed by atoms with Crippen LogP contribution in [0.15, 0.2) is 0 Å². The van der Waals surface area contributed by atoms with Crippen molar-refractivity contribution in [3.8, 4) is 0 Å². The number of aliphatic hydroxyl groups is 1. The highest BCUT2D eigenvalue weighted by molar-refractivity contribution is 5.66. The minimum absolute atomic E-state index is 0.189. The highest BCUT2D eigenvalue weighted by Crippen LogP contribution is 2.30. The number of nitrogen functional groups attached to an aromatic ring is 1. The molecule has 1 aromatic rings. The molecule has 0 aliphatic carbocycles. The van der Waals surface area contributed by atoms with Crippen LogP contribution in [0.5, 0.6) is 0 Å². The van der Waals surface area contributed by atoms with Gasteiger partial charge in [0.25, 0.3) is 0 Å². The Kier molecular flexibility index (Phi) is 3.80. The monoisotopic (exact) mass is 252 g/mol.